The number of amides is 1. The molecule has 5 nitrogen and oxygen atoms in total. The first-order valence-electron chi connectivity index (χ1n) is 4.58. The molecular weight excluding hydrogens is 251 g/mol. The van der Waals surface area contributed by atoms with Gasteiger partial charge < -0.3 is 10.2 Å². The van der Waals surface area contributed by atoms with Crippen LogP contribution < -0.4 is 5.32 Å². The van der Waals surface area contributed by atoms with Crippen molar-refractivity contribution < 1.29 is 4.79 Å². The number of halogens is 2. The molecule has 1 N–H and O–H groups in total. The summed E-state index contributed by atoms with van der Waals surface area (Å²) in [5.41, 5.74) is 0.490. The molecule has 0 aliphatic carbocycles. The Morgan fingerprint density at radius 1 is 1.44 bits per heavy atom. The van der Waals surface area contributed by atoms with E-state index in [1.165, 1.54) is 11.0 Å². The number of carbonyl (C=O) groups is 1. The van der Waals surface area contributed by atoms with Gasteiger partial charge in [-0.25, -0.2) is 0 Å². The van der Waals surface area contributed by atoms with Crippen molar-refractivity contribution in [1.82, 2.24) is 15.1 Å². The van der Waals surface area contributed by atoms with Crippen LogP contribution in [-0.2, 0) is 4.79 Å². The second-order valence-electron chi connectivity index (χ2n) is 3.47. The van der Waals surface area contributed by atoms with Crippen LogP contribution in [0.1, 0.15) is 6.92 Å². The van der Waals surface area contributed by atoms with Gasteiger partial charge in [-0.1, -0.05) is 23.2 Å². The van der Waals surface area contributed by atoms with Crippen molar-refractivity contribution in [3.63, 3.8) is 0 Å². The quantitative estimate of drug-likeness (QED) is 0.901. The van der Waals surface area contributed by atoms with E-state index in [9.17, 15) is 4.79 Å². The Morgan fingerprint density at radius 3 is 2.62 bits per heavy atom. The van der Waals surface area contributed by atoms with Gasteiger partial charge in [-0.05, 0) is 6.92 Å². The molecule has 1 heterocycles. The van der Waals surface area contributed by atoms with Crippen LogP contribution in [-0.4, -0.2) is 41.1 Å². The van der Waals surface area contributed by atoms with E-state index in [0.717, 1.165) is 0 Å². The Labute approximate surface area is 104 Å². The summed E-state index contributed by atoms with van der Waals surface area (Å²) in [5, 5.41) is 10.5. The lowest BCUT2D eigenvalue weighted by molar-refractivity contribution is -0.129. The van der Waals surface area contributed by atoms with Gasteiger partial charge in [0.15, 0.2) is 10.3 Å². The lowest BCUT2D eigenvalue weighted by Gasteiger charge is -2.19. The first-order valence-corrected chi connectivity index (χ1v) is 5.34. The van der Waals surface area contributed by atoms with Crippen molar-refractivity contribution in [3.05, 3.63) is 16.4 Å². The summed E-state index contributed by atoms with van der Waals surface area (Å²) >= 11 is 11.5. The predicted octanol–water partition coefficient (Wildman–Crippen LogP) is 1.67. The highest BCUT2D eigenvalue weighted by molar-refractivity contribution is 6.33. The van der Waals surface area contributed by atoms with Crippen LogP contribution in [0.2, 0.25) is 10.3 Å². The molecular formula is C9H12Cl2N4O. The Kier molecular flexibility index (Phi) is 4.32. The number of carbonyl (C=O) groups excluding carboxylic acids is 1. The molecule has 1 unspecified atom stereocenters. The van der Waals surface area contributed by atoms with Crippen LogP contribution in [0.3, 0.4) is 0 Å². The van der Waals surface area contributed by atoms with Crippen LogP contribution >= 0.6 is 23.2 Å². The van der Waals surface area contributed by atoms with Crippen LogP contribution in [0.5, 0.6) is 0 Å². The molecule has 0 fully saturated rings. The van der Waals surface area contributed by atoms with Crippen molar-refractivity contribution in [1.29, 1.82) is 0 Å². The molecule has 1 aromatic heterocycles. The lowest BCUT2D eigenvalue weighted by atomic mass is 10.3. The smallest absolute Gasteiger partial charge is 0.244 e. The van der Waals surface area contributed by atoms with Gasteiger partial charge >= 0.3 is 0 Å². The number of nitrogens with one attached hydrogen (secondary N) is 1. The average molecular weight is 263 g/mol. The van der Waals surface area contributed by atoms with Gasteiger partial charge in [0.05, 0.1) is 5.69 Å². The van der Waals surface area contributed by atoms with Crippen LogP contribution in [0, 0.1) is 0 Å². The zero-order chi connectivity index (χ0) is 12.3. The summed E-state index contributed by atoms with van der Waals surface area (Å²) in [6.45, 7) is 1.73. The van der Waals surface area contributed by atoms with E-state index in [0.29, 0.717) is 5.69 Å². The Hall–Kier alpha value is -1.07. The van der Waals surface area contributed by atoms with Crippen molar-refractivity contribution in [3.8, 4) is 0 Å². The van der Waals surface area contributed by atoms with E-state index in [4.69, 9.17) is 23.2 Å². The van der Waals surface area contributed by atoms with Crippen LogP contribution in [0.15, 0.2) is 6.07 Å². The van der Waals surface area contributed by atoms with Gasteiger partial charge in [-0.15, -0.1) is 10.2 Å². The number of rotatable bonds is 3. The van der Waals surface area contributed by atoms with E-state index < -0.39 is 6.04 Å². The van der Waals surface area contributed by atoms with Crippen molar-refractivity contribution in [2.75, 3.05) is 19.4 Å². The highest BCUT2D eigenvalue weighted by Gasteiger charge is 2.16. The molecule has 0 aliphatic rings. The Balaban J connectivity index is 2.80. The summed E-state index contributed by atoms with van der Waals surface area (Å²) < 4.78 is 0. The topological polar surface area (TPSA) is 58.1 Å². The summed E-state index contributed by atoms with van der Waals surface area (Å²) in [5.74, 6) is -0.0657. The van der Waals surface area contributed by atoms with Crippen molar-refractivity contribution >= 4 is 34.8 Å². The predicted molar refractivity (Wildman–Crippen MR) is 63.8 cm³/mol. The molecule has 7 heteroatoms. The Bertz CT molecular complexity index is 397. The SMILES string of the molecule is CC(Nc1cc(Cl)nnc1Cl)C(=O)N(C)C. The fourth-order valence-electron chi connectivity index (χ4n) is 1.14. The Morgan fingerprint density at radius 2 is 2.06 bits per heavy atom. The minimum Gasteiger partial charge on any atom is -0.371 e. The van der Waals surface area contributed by atoms with E-state index in [1.54, 1.807) is 21.0 Å². The number of nitrogens with zero attached hydrogens (tertiary/aromatic N) is 3. The van der Waals surface area contributed by atoms with Gasteiger partial charge in [0, 0.05) is 20.2 Å². The summed E-state index contributed by atoms with van der Waals surface area (Å²) in [6, 6.07) is 1.11. The highest BCUT2D eigenvalue weighted by atomic mass is 35.5. The maximum atomic E-state index is 11.6. The monoisotopic (exact) mass is 262 g/mol. The van der Waals surface area contributed by atoms with E-state index in [1.807, 2.05) is 0 Å². The second kappa shape index (κ2) is 5.32. The molecule has 0 aliphatic heterocycles. The van der Waals surface area contributed by atoms with Gasteiger partial charge in [0.2, 0.25) is 5.91 Å². The summed E-state index contributed by atoms with van der Waals surface area (Å²) in [6.07, 6.45) is 0. The number of hydrogen-bond acceptors (Lipinski definition) is 4. The van der Waals surface area contributed by atoms with E-state index in [2.05, 4.69) is 15.5 Å². The first kappa shape index (κ1) is 13.0. The molecule has 1 rings (SSSR count). The average Bonchev–Trinajstić information content (AvgIpc) is 2.22. The lowest BCUT2D eigenvalue weighted by Crippen LogP contribution is -2.36. The third-order valence-electron chi connectivity index (χ3n) is 1.90. The van der Waals surface area contributed by atoms with Gasteiger partial charge in [0.1, 0.15) is 6.04 Å². The van der Waals surface area contributed by atoms with Gasteiger partial charge in [-0.2, -0.15) is 0 Å². The van der Waals surface area contributed by atoms with Crippen LogP contribution in [0.4, 0.5) is 5.69 Å². The standard InChI is InChI=1S/C9H12Cl2N4O/c1-5(9(16)15(2)3)12-6-4-7(10)13-14-8(6)11/h4-5H,1-3H3,(H,12,13). The third kappa shape index (κ3) is 3.21. The fourth-order valence-corrected chi connectivity index (χ4v) is 1.43. The number of anilines is 1. The van der Waals surface area contributed by atoms with Crippen molar-refractivity contribution in [2.45, 2.75) is 13.0 Å². The molecule has 0 spiro atoms. The summed E-state index contributed by atoms with van der Waals surface area (Å²) in [7, 11) is 3.36. The molecule has 0 radical (unpaired) electrons. The largest absolute Gasteiger partial charge is 0.371 e. The molecule has 88 valence electrons. The van der Waals surface area contributed by atoms with E-state index in [-0.39, 0.29) is 16.2 Å². The highest BCUT2D eigenvalue weighted by Crippen LogP contribution is 2.21. The molecule has 0 bridgehead atoms. The number of hydrogen-bond donors (Lipinski definition) is 1. The zero-order valence-electron chi connectivity index (χ0n) is 9.16. The zero-order valence-corrected chi connectivity index (χ0v) is 10.7. The molecule has 0 saturated carbocycles. The van der Waals surface area contributed by atoms with Gasteiger partial charge in [-0.3, -0.25) is 4.79 Å². The molecule has 1 atom stereocenters. The second-order valence-corrected chi connectivity index (χ2v) is 4.22. The number of likely N-dealkylation sites (N-methyl/N-ethyl adjacent to an activating group) is 1. The fraction of sp³-hybridized carbons (Fsp3) is 0.444. The third-order valence-corrected chi connectivity index (χ3v) is 2.37. The summed E-state index contributed by atoms with van der Waals surface area (Å²) in [4.78, 5) is 13.1. The minimum absolute atomic E-state index is 0.0657. The van der Waals surface area contributed by atoms with E-state index >= 15 is 0 Å². The normalized spacial score (nSPS) is 12.1. The van der Waals surface area contributed by atoms with Crippen LogP contribution in [0.25, 0.3) is 0 Å². The molecule has 0 saturated heterocycles. The number of aromatic nitrogens is 2. The molecule has 0 aromatic carbocycles. The maximum Gasteiger partial charge on any atom is 0.244 e. The van der Waals surface area contributed by atoms with Gasteiger partial charge in [0.25, 0.3) is 0 Å². The maximum absolute atomic E-state index is 11.6. The molecule has 1 aromatic rings. The minimum atomic E-state index is -0.409. The first-order chi connectivity index (χ1) is 7.41. The van der Waals surface area contributed by atoms with Crippen molar-refractivity contribution in [2.24, 2.45) is 0 Å². The molecule has 1 amide bonds. The molecule has 16 heavy (non-hydrogen) atoms.